The Morgan fingerprint density at radius 1 is 1.17 bits per heavy atom. The minimum atomic E-state index is -0.270. The van der Waals surface area contributed by atoms with Crippen LogP contribution in [0.3, 0.4) is 0 Å². The monoisotopic (exact) mass is 319 g/mol. The van der Waals surface area contributed by atoms with Crippen molar-refractivity contribution in [3.8, 4) is 0 Å². The van der Waals surface area contributed by atoms with Gasteiger partial charge in [-0.15, -0.1) is 0 Å². The predicted molar refractivity (Wildman–Crippen MR) is 88.1 cm³/mol. The molecule has 6 heteroatoms. The summed E-state index contributed by atoms with van der Waals surface area (Å²) in [7, 11) is 0. The van der Waals surface area contributed by atoms with E-state index in [-0.39, 0.29) is 36.5 Å². The summed E-state index contributed by atoms with van der Waals surface area (Å²) in [6.45, 7) is 4.32. The third kappa shape index (κ3) is 3.82. The summed E-state index contributed by atoms with van der Waals surface area (Å²) in [5, 5.41) is 15.4. The number of aliphatic hydroxyl groups is 1. The first-order chi connectivity index (χ1) is 11.1. The van der Waals surface area contributed by atoms with E-state index in [9.17, 15) is 14.7 Å². The molecule has 1 heterocycles. The molecule has 3 atom stereocenters. The molecule has 1 aromatic carbocycles. The fourth-order valence-electron chi connectivity index (χ4n) is 3.17. The van der Waals surface area contributed by atoms with Crippen molar-refractivity contribution < 1.29 is 14.7 Å². The quantitative estimate of drug-likeness (QED) is 0.733. The Bertz CT molecular complexity index is 535. The van der Waals surface area contributed by atoms with Crippen molar-refractivity contribution in [2.45, 2.75) is 38.3 Å². The Hall–Kier alpha value is -2.08. The SMILES string of the molecule is CCCNC(=O)N1[C@@H](CO)[C@@H](c2ccccc2)[C@@H]1CNC(C)=O. The lowest BCUT2D eigenvalue weighted by molar-refractivity contribution is -0.119. The second-order valence-corrected chi connectivity index (χ2v) is 5.83. The van der Waals surface area contributed by atoms with Crippen molar-refractivity contribution in [1.29, 1.82) is 0 Å². The number of hydrogen-bond acceptors (Lipinski definition) is 3. The second kappa shape index (κ2) is 7.97. The number of nitrogens with zero attached hydrogens (tertiary/aromatic N) is 1. The summed E-state index contributed by atoms with van der Waals surface area (Å²) in [4.78, 5) is 25.3. The van der Waals surface area contributed by atoms with Crippen molar-refractivity contribution in [1.82, 2.24) is 15.5 Å². The predicted octanol–water partition coefficient (Wildman–Crippen LogP) is 1.07. The largest absolute Gasteiger partial charge is 0.394 e. The van der Waals surface area contributed by atoms with E-state index < -0.39 is 0 Å². The number of nitrogens with one attached hydrogen (secondary N) is 2. The summed E-state index contributed by atoms with van der Waals surface area (Å²) < 4.78 is 0. The normalized spacial score (nSPS) is 23.1. The van der Waals surface area contributed by atoms with Gasteiger partial charge in [-0.2, -0.15) is 0 Å². The molecule has 2 rings (SSSR count). The first kappa shape index (κ1) is 17.3. The number of hydrogen-bond donors (Lipinski definition) is 3. The highest BCUT2D eigenvalue weighted by molar-refractivity contribution is 5.77. The zero-order valence-corrected chi connectivity index (χ0v) is 13.7. The van der Waals surface area contributed by atoms with Crippen LogP contribution in [0, 0.1) is 0 Å². The number of urea groups is 1. The van der Waals surface area contributed by atoms with Gasteiger partial charge in [0.15, 0.2) is 0 Å². The van der Waals surface area contributed by atoms with E-state index >= 15 is 0 Å². The summed E-state index contributed by atoms with van der Waals surface area (Å²) in [6, 6.07) is 9.20. The molecule has 0 aliphatic carbocycles. The molecule has 3 N–H and O–H groups in total. The number of amides is 3. The van der Waals surface area contributed by atoms with Crippen molar-refractivity contribution in [2.24, 2.45) is 0 Å². The number of likely N-dealkylation sites (tertiary alicyclic amines) is 1. The van der Waals surface area contributed by atoms with Gasteiger partial charge in [0.25, 0.3) is 0 Å². The molecule has 3 amide bonds. The first-order valence-corrected chi connectivity index (χ1v) is 8.06. The maximum atomic E-state index is 12.4. The highest BCUT2D eigenvalue weighted by Gasteiger charge is 2.50. The van der Waals surface area contributed by atoms with Gasteiger partial charge in [-0.25, -0.2) is 4.79 Å². The topological polar surface area (TPSA) is 81.7 Å². The number of benzene rings is 1. The van der Waals surface area contributed by atoms with Crippen LogP contribution >= 0.6 is 0 Å². The number of carbonyl (C=O) groups is 2. The molecule has 1 aromatic rings. The van der Waals surface area contributed by atoms with E-state index in [1.54, 1.807) is 4.90 Å². The Morgan fingerprint density at radius 3 is 2.43 bits per heavy atom. The van der Waals surface area contributed by atoms with E-state index in [0.717, 1.165) is 12.0 Å². The molecule has 0 radical (unpaired) electrons. The van der Waals surface area contributed by atoms with Crippen LogP contribution in [0.4, 0.5) is 4.79 Å². The first-order valence-electron chi connectivity index (χ1n) is 8.06. The van der Waals surface area contributed by atoms with Crippen molar-refractivity contribution in [2.75, 3.05) is 19.7 Å². The second-order valence-electron chi connectivity index (χ2n) is 5.83. The molecule has 1 saturated heterocycles. The van der Waals surface area contributed by atoms with Crippen LogP contribution in [0.15, 0.2) is 30.3 Å². The van der Waals surface area contributed by atoms with Crippen LogP contribution in [0.2, 0.25) is 0 Å². The lowest BCUT2D eigenvalue weighted by Gasteiger charge is -2.54. The zero-order valence-electron chi connectivity index (χ0n) is 13.7. The summed E-state index contributed by atoms with van der Waals surface area (Å²) >= 11 is 0. The van der Waals surface area contributed by atoms with Gasteiger partial charge in [0.2, 0.25) is 5.91 Å². The number of rotatable bonds is 6. The Labute approximate surface area is 136 Å². The van der Waals surface area contributed by atoms with E-state index in [0.29, 0.717) is 13.1 Å². The van der Waals surface area contributed by atoms with Crippen LogP contribution in [0.1, 0.15) is 31.7 Å². The summed E-state index contributed by atoms with van der Waals surface area (Å²) in [5.41, 5.74) is 1.07. The minimum absolute atomic E-state index is 0.0143. The molecular weight excluding hydrogens is 294 g/mol. The molecular formula is C17H25N3O3. The van der Waals surface area contributed by atoms with Gasteiger partial charge in [0, 0.05) is 25.9 Å². The van der Waals surface area contributed by atoms with Gasteiger partial charge in [0.05, 0.1) is 18.7 Å². The minimum Gasteiger partial charge on any atom is -0.394 e. The fraction of sp³-hybridized carbons (Fsp3) is 0.529. The highest BCUT2D eigenvalue weighted by atomic mass is 16.3. The van der Waals surface area contributed by atoms with Gasteiger partial charge in [-0.3, -0.25) is 4.79 Å². The van der Waals surface area contributed by atoms with Gasteiger partial charge >= 0.3 is 6.03 Å². The molecule has 1 fully saturated rings. The third-order valence-corrected chi connectivity index (χ3v) is 4.24. The Morgan fingerprint density at radius 2 is 1.87 bits per heavy atom. The zero-order chi connectivity index (χ0) is 16.8. The number of carbonyl (C=O) groups excluding carboxylic acids is 2. The maximum absolute atomic E-state index is 12.4. The molecule has 6 nitrogen and oxygen atoms in total. The van der Waals surface area contributed by atoms with Gasteiger partial charge in [-0.05, 0) is 12.0 Å². The highest BCUT2D eigenvalue weighted by Crippen LogP contribution is 2.40. The van der Waals surface area contributed by atoms with E-state index in [1.165, 1.54) is 6.92 Å². The van der Waals surface area contributed by atoms with Crippen molar-refractivity contribution in [3.63, 3.8) is 0 Å². The molecule has 1 aliphatic rings. The van der Waals surface area contributed by atoms with Crippen LogP contribution < -0.4 is 10.6 Å². The lowest BCUT2D eigenvalue weighted by Crippen LogP contribution is -2.70. The molecule has 23 heavy (non-hydrogen) atoms. The Balaban J connectivity index is 2.19. The molecule has 1 aliphatic heterocycles. The van der Waals surface area contributed by atoms with Crippen LogP contribution in [0.25, 0.3) is 0 Å². The van der Waals surface area contributed by atoms with E-state index in [4.69, 9.17) is 0 Å². The van der Waals surface area contributed by atoms with Gasteiger partial charge in [-0.1, -0.05) is 37.3 Å². The average molecular weight is 319 g/mol. The molecule has 0 aromatic heterocycles. The maximum Gasteiger partial charge on any atom is 0.318 e. The van der Waals surface area contributed by atoms with E-state index in [1.807, 2.05) is 37.3 Å². The smallest absolute Gasteiger partial charge is 0.318 e. The average Bonchev–Trinajstić information content (AvgIpc) is 2.53. The molecule has 0 unspecified atom stereocenters. The van der Waals surface area contributed by atoms with Gasteiger partial charge < -0.3 is 20.6 Å². The Kier molecular flexibility index (Phi) is 5.98. The van der Waals surface area contributed by atoms with Crippen molar-refractivity contribution >= 4 is 11.9 Å². The summed E-state index contributed by atoms with van der Waals surface area (Å²) in [6.07, 6.45) is 0.849. The van der Waals surface area contributed by atoms with Crippen LogP contribution in [0.5, 0.6) is 0 Å². The lowest BCUT2D eigenvalue weighted by atomic mass is 9.75. The molecule has 0 saturated carbocycles. The molecule has 0 bridgehead atoms. The van der Waals surface area contributed by atoms with Crippen LogP contribution in [-0.4, -0.2) is 53.7 Å². The van der Waals surface area contributed by atoms with E-state index in [2.05, 4.69) is 10.6 Å². The van der Waals surface area contributed by atoms with Crippen LogP contribution in [-0.2, 0) is 4.79 Å². The van der Waals surface area contributed by atoms with Gasteiger partial charge in [0.1, 0.15) is 0 Å². The third-order valence-electron chi connectivity index (χ3n) is 4.24. The summed E-state index contributed by atoms with van der Waals surface area (Å²) in [5.74, 6) is -0.112. The van der Waals surface area contributed by atoms with Crippen molar-refractivity contribution in [3.05, 3.63) is 35.9 Å². The number of aliphatic hydroxyl groups excluding tert-OH is 1. The standard InChI is InChI=1S/C17H25N3O3/c1-3-9-18-17(23)20-14(10-19-12(2)22)16(15(20)11-21)13-7-5-4-6-8-13/h4-8,14-16,21H,3,9-11H2,1-2H3,(H,18,23)(H,19,22)/t14-,15-,16-/m0/s1. The molecule has 0 spiro atoms. The fourth-order valence-corrected chi connectivity index (χ4v) is 3.17. The molecule has 126 valence electrons.